The summed E-state index contributed by atoms with van der Waals surface area (Å²) in [6, 6.07) is 11.1. The van der Waals surface area contributed by atoms with Crippen LogP contribution >= 0.6 is 11.3 Å². The molecule has 2 N–H and O–H groups in total. The highest BCUT2D eigenvalue weighted by Gasteiger charge is 2.13. The molecule has 0 aliphatic carbocycles. The number of anilines is 1. The van der Waals surface area contributed by atoms with Crippen molar-refractivity contribution in [2.24, 2.45) is 0 Å². The van der Waals surface area contributed by atoms with Crippen LogP contribution in [0.25, 0.3) is 11.3 Å². The Balaban J connectivity index is 1.60. The largest absolute Gasteiger partial charge is 0.493 e. The molecule has 1 aromatic heterocycles. The molecule has 2 amide bonds. The zero-order valence-electron chi connectivity index (χ0n) is 17.2. The number of aromatic nitrogens is 1. The molecule has 0 aliphatic heterocycles. The van der Waals surface area contributed by atoms with Crippen LogP contribution in [0.3, 0.4) is 0 Å². The van der Waals surface area contributed by atoms with Crippen LogP contribution in [0.1, 0.15) is 21.5 Å². The molecule has 0 atom stereocenters. The van der Waals surface area contributed by atoms with Crippen LogP contribution in [0.15, 0.2) is 41.8 Å². The number of hydrogen-bond acceptors (Lipinski definition) is 6. The van der Waals surface area contributed by atoms with Gasteiger partial charge in [0.05, 0.1) is 26.5 Å². The number of aryl methyl sites for hydroxylation is 2. The number of hydrogen-bond donors (Lipinski definition) is 2. The van der Waals surface area contributed by atoms with Gasteiger partial charge in [-0.1, -0.05) is 17.2 Å². The van der Waals surface area contributed by atoms with Crippen molar-refractivity contribution in [2.45, 2.75) is 13.8 Å². The number of nitrogens with zero attached hydrogens (tertiary/aromatic N) is 1. The molecule has 0 saturated heterocycles. The molecule has 156 valence electrons. The molecule has 0 fully saturated rings. The lowest BCUT2D eigenvalue weighted by Gasteiger charge is -2.08. The molecule has 0 aliphatic rings. The van der Waals surface area contributed by atoms with E-state index < -0.39 is 0 Å². The number of methoxy groups -OCH3 is 2. The third kappa shape index (κ3) is 5.15. The van der Waals surface area contributed by atoms with Gasteiger partial charge in [0.1, 0.15) is 0 Å². The topological polar surface area (TPSA) is 89.6 Å². The summed E-state index contributed by atoms with van der Waals surface area (Å²) in [6.45, 7) is 3.71. The average molecular weight is 426 g/mol. The number of rotatable bonds is 7. The molecule has 0 spiro atoms. The summed E-state index contributed by atoms with van der Waals surface area (Å²) in [6.07, 6.45) is 0. The van der Waals surface area contributed by atoms with Gasteiger partial charge in [0.2, 0.25) is 5.91 Å². The summed E-state index contributed by atoms with van der Waals surface area (Å²) in [5, 5.41) is 7.63. The van der Waals surface area contributed by atoms with Crippen LogP contribution in [0.2, 0.25) is 0 Å². The van der Waals surface area contributed by atoms with Crippen molar-refractivity contribution in [1.82, 2.24) is 10.3 Å². The number of benzene rings is 2. The molecule has 1 heterocycles. The van der Waals surface area contributed by atoms with Crippen molar-refractivity contribution < 1.29 is 19.1 Å². The van der Waals surface area contributed by atoms with E-state index in [0.29, 0.717) is 27.9 Å². The molecule has 0 radical (unpaired) electrons. The second-order valence-corrected chi connectivity index (χ2v) is 7.57. The second kappa shape index (κ2) is 9.41. The van der Waals surface area contributed by atoms with Crippen molar-refractivity contribution in [3.63, 3.8) is 0 Å². The van der Waals surface area contributed by atoms with Gasteiger partial charge in [-0.05, 0) is 44.2 Å². The first kappa shape index (κ1) is 21.3. The van der Waals surface area contributed by atoms with Crippen LogP contribution in [0.5, 0.6) is 11.5 Å². The van der Waals surface area contributed by atoms with Gasteiger partial charge in [-0.25, -0.2) is 4.98 Å². The number of carbonyl (C=O) groups is 2. The van der Waals surface area contributed by atoms with Gasteiger partial charge < -0.3 is 20.1 Å². The Morgan fingerprint density at radius 2 is 1.70 bits per heavy atom. The van der Waals surface area contributed by atoms with Crippen LogP contribution in [-0.4, -0.2) is 37.6 Å². The lowest BCUT2D eigenvalue weighted by atomic mass is 10.1. The van der Waals surface area contributed by atoms with Gasteiger partial charge in [-0.3, -0.25) is 9.59 Å². The number of carbonyl (C=O) groups excluding carboxylic acids is 2. The van der Waals surface area contributed by atoms with Gasteiger partial charge in [0, 0.05) is 16.5 Å². The molecular formula is C22H23N3O4S. The van der Waals surface area contributed by atoms with E-state index in [-0.39, 0.29) is 18.4 Å². The third-order valence-corrected chi connectivity index (χ3v) is 5.08. The third-order valence-electron chi connectivity index (χ3n) is 4.32. The van der Waals surface area contributed by atoms with E-state index in [2.05, 4.69) is 15.6 Å². The number of amides is 2. The van der Waals surface area contributed by atoms with Gasteiger partial charge >= 0.3 is 0 Å². The minimum Gasteiger partial charge on any atom is -0.493 e. The van der Waals surface area contributed by atoms with Crippen LogP contribution in [-0.2, 0) is 4.79 Å². The highest BCUT2D eigenvalue weighted by atomic mass is 32.1. The second-order valence-electron chi connectivity index (χ2n) is 6.71. The van der Waals surface area contributed by atoms with Gasteiger partial charge in [-0.2, -0.15) is 0 Å². The van der Waals surface area contributed by atoms with E-state index >= 15 is 0 Å². The highest BCUT2D eigenvalue weighted by Crippen LogP contribution is 2.33. The van der Waals surface area contributed by atoms with E-state index in [4.69, 9.17) is 9.47 Å². The summed E-state index contributed by atoms with van der Waals surface area (Å²) < 4.78 is 10.6. The van der Waals surface area contributed by atoms with Gasteiger partial charge in [0.15, 0.2) is 16.6 Å². The van der Waals surface area contributed by atoms with Crippen LogP contribution in [0, 0.1) is 13.8 Å². The van der Waals surface area contributed by atoms with Gasteiger partial charge in [-0.15, -0.1) is 11.3 Å². The first-order valence-electron chi connectivity index (χ1n) is 9.24. The molecule has 0 bridgehead atoms. The summed E-state index contributed by atoms with van der Waals surface area (Å²) in [5.74, 6) is 0.593. The molecule has 30 heavy (non-hydrogen) atoms. The zero-order chi connectivity index (χ0) is 21.7. The standard InChI is InChI=1S/C22H23N3O4S/c1-13-7-14(2)9-16(8-13)21(27)23-11-20(26)25-22-24-17(12-30-22)15-5-6-18(28-3)19(10-15)29-4/h5-10,12H,11H2,1-4H3,(H,23,27)(H,24,25,26). The van der Waals surface area contributed by atoms with Crippen molar-refractivity contribution in [2.75, 3.05) is 26.1 Å². The summed E-state index contributed by atoms with van der Waals surface area (Å²) >= 11 is 1.30. The molecule has 8 heteroatoms. The first-order valence-corrected chi connectivity index (χ1v) is 10.1. The minimum absolute atomic E-state index is 0.142. The Morgan fingerprint density at radius 1 is 1.00 bits per heavy atom. The monoisotopic (exact) mass is 425 g/mol. The normalized spacial score (nSPS) is 10.4. The molecule has 0 unspecified atom stereocenters. The van der Waals surface area contributed by atoms with E-state index in [0.717, 1.165) is 16.7 Å². The fourth-order valence-corrected chi connectivity index (χ4v) is 3.73. The predicted octanol–water partition coefficient (Wildman–Crippen LogP) is 3.81. The Hall–Kier alpha value is -3.39. The fourth-order valence-electron chi connectivity index (χ4n) is 2.99. The quantitative estimate of drug-likeness (QED) is 0.601. The van der Waals surface area contributed by atoms with Crippen molar-refractivity contribution in [3.05, 3.63) is 58.5 Å². The van der Waals surface area contributed by atoms with Gasteiger partial charge in [0.25, 0.3) is 5.91 Å². The average Bonchev–Trinajstić information content (AvgIpc) is 3.19. The predicted molar refractivity (Wildman–Crippen MR) is 118 cm³/mol. The molecule has 3 rings (SSSR count). The fraction of sp³-hybridized carbons (Fsp3) is 0.227. The Kier molecular flexibility index (Phi) is 6.68. The van der Waals surface area contributed by atoms with E-state index in [1.807, 2.05) is 37.4 Å². The van der Waals surface area contributed by atoms with E-state index in [9.17, 15) is 9.59 Å². The SMILES string of the molecule is COc1ccc(-c2csc(NC(=O)CNC(=O)c3cc(C)cc(C)c3)n2)cc1OC. The van der Waals surface area contributed by atoms with Crippen molar-refractivity contribution in [3.8, 4) is 22.8 Å². The molecule has 0 saturated carbocycles. The van der Waals surface area contributed by atoms with E-state index in [1.165, 1.54) is 11.3 Å². The zero-order valence-corrected chi connectivity index (χ0v) is 18.1. The lowest BCUT2D eigenvalue weighted by molar-refractivity contribution is -0.115. The maximum Gasteiger partial charge on any atom is 0.251 e. The Bertz CT molecular complexity index is 1060. The highest BCUT2D eigenvalue weighted by molar-refractivity contribution is 7.14. The Morgan fingerprint density at radius 3 is 2.37 bits per heavy atom. The van der Waals surface area contributed by atoms with E-state index in [1.54, 1.807) is 32.4 Å². The maximum atomic E-state index is 12.3. The lowest BCUT2D eigenvalue weighted by Crippen LogP contribution is -2.32. The van der Waals surface area contributed by atoms with Crippen molar-refractivity contribution >= 4 is 28.3 Å². The molecule has 7 nitrogen and oxygen atoms in total. The molecule has 3 aromatic rings. The smallest absolute Gasteiger partial charge is 0.251 e. The van der Waals surface area contributed by atoms with Crippen molar-refractivity contribution in [1.29, 1.82) is 0 Å². The molecule has 2 aromatic carbocycles. The molecular weight excluding hydrogens is 402 g/mol. The first-order chi connectivity index (χ1) is 14.4. The van der Waals surface area contributed by atoms with Crippen LogP contribution < -0.4 is 20.1 Å². The minimum atomic E-state index is -0.346. The Labute approximate surface area is 179 Å². The number of ether oxygens (including phenoxy) is 2. The summed E-state index contributed by atoms with van der Waals surface area (Å²) in [4.78, 5) is 28.9. The number of nitrogens with one attached hydrogen (secondary N) is 2. The van der Waals surface area contributed by atoms with Crippen LogP contribution in [0.4, 0.5) is 5.13 Å². The number of thiazole rings is 1. The maximum absolute atomic E-state index is 12.3. The summed E-state index contributed by atoms with van der Waals surface area (Å²) in [7, 11) is 3.15. The summed E-state index contributed by atoms with van der Waals surface area (Å²) in [5.41, 5.74) is 4.07.